The van der Waals surface area contributed by atoms with Crippen molar-refractivity contribution in [2.45, 2.75) is 12.6 Å². The van der Waals surface area contributed by atoms with Crippen molar-refractivity contribution in [3.63, 3.8) is 0 Å². The molecule has 0 bridgehead atoms. The summed E-state index contributed by atoms with van der Waals surface area (Å²) in [4.78, 5) is 1.11. The zero-order valence-corrected chi connectivity index (χ0v) is 10.8. The van der Waals surface area contributed by atoms with E-state index in [0.717, 1.165) is 14.4 Å². The number of nitrogens with one attached hydrogen (secondary N) is 1. The van der Waals surface area contributed by atoms with Gasteiger partial charge in [-0.15, -0.1) is 11.3 Å². The zero-order chi connectivity index (χ0) is 11.3. The molecule has 1 aromatic heterocycles. The molecular formula is C9H14BrNO3S. The molecule has 1 aromatic rings. The molecule has 0 aliphatic carbocycles. The monoisotopic (exact) mass is 295 g/mol. The molecule has 0 spiro atoms. The Balaban J connectivity index is 2.37. The molecule has 0 aromatic carbocycles. The fourth-order valence-corrected chi connectivity index (χ4v) is 2.71. The maximum atomic E-state index is 9.10. The standard InChI is InChI=1S/C9H14BrNO3S/c1-14-9-8(10)2-7(15-9)4-11-3-6(13)5-12/h2,6,11-13H,3-5H2,1H3. The number of aliphatic hydroxyl groups excluding tert-OH is 2. The van der Waals surface area contributed by atoms with Gasteiger partial charge in [-0.3, -0.25) is 0 Å². The fourth-order valence-electron chi connectivity index (χ4n) is 1.05. The zero-order valence-electron chi connectivity index (χ0n) is 8.36. The molecule has 4 nitrogen and oxygen atoms in total. The average Bonchev–Trinajstić information content (AvgIpc) is 2.58. The van der Waals surface area contributed by atoms with Crippen molar-refractivity contribution in [3.05, 3.63) is 15.4 Å². The van der Waals surface area contributed by atoms with E-state index in [2.05, 4.69) is 21.2 Å². The molecule has 0 aliphatic heterocycles. The maximum absolute atomic E-state index is 9.10. The van der Waals surface area contributed by atoms with Gasteiger partial charge in [0, 0.05) is 18.0 Å². The summed E-state index contributed by atoms with van der Waals surface area (Å²) >= 11 is 4.92. The van der Waals surface area contributed by atoms with Crippen LogP contribution in [0.15, 0.2) is 10.5 Å². The lowest BCUT2D eigenvalue weighted by Gasteiger charge is -2.07. The number of hydrogen-bond acceptors (Lipinski definition) is 5. The van der Waals surface area contributed by atoms with Crippen molar-refractivity contribution in [1.82, 2.24) is 5.32 Å². The summed E-state index contributed by atoms with van der Waals surface area (Å²) in [6.07, 6.45) is -0.699. The molecule has 0 radical (unpaired) electrons. The minimum absolute atomic E-state index is 0.218. The van der Waals surface area contributed by atoms with Gasteiger partial charge in [-0.25, -0.2) is 0 Å². The first-order valence-electron chi connectivity index (χ1n) is 4.49. The van der Waals surface area contributed by atoms with Crippen LogP contribution in [0.25, 0.3) is 0 Å². The predicted octanol–water partition coefficient (Wildman–Crippen LogP) is 0.962. The molecule has 86 valence electrons. The van der Waals surface area contributed by atoms with Crippen molar-refractivity contribution in [3.8, 4) is 5.06 Å². The summed E-state index contributed by atoms with van der Waals surface area (Å²) in [5.41, 5.74) is 0. The number of thiophene rings is 1. The first kappa shape index (κ1) is 12.9. The van der Waals surface area contributed by atoms with Crippen molar-refractivity contribution in [2.24, 2.45) is 0 Å². The molecular weight excluding hydrogens is 282 g/mol. The summed E-state index contributed by atoms with van der Waals surface area (Å²) in [5, 5.41) is 21.6. The highest BCUT2D eigenvalue weighted by Crippen LogP contribution is 2.34. The Kier molecular flexibility index (Phi) is 5.55. The van der Waals surface area contributed by atoms with Gasteiger partial charge in [0.05, 0.1) is 24.3 Å². The summed E-state index contributed by atoms with van der Waals surface area (Å²) < 4.78 is 6.07. The van der Waals surface area contributed by atoms with Crippen LogP contribution >= 0.6 is 27.3 Å². The Labute approximate surface area is 101 Å². The topological polar surface area (TPSA) is 61.7 Å². The van der Waals surface area contributed by atoms with Gasteiger partial charge in [0.1, 0.15) is 0 Å². The molecule has 0 saturated heterocycles. The lowest BCUT2D eigenvalue weighted by atomic mass is 10.3. The van der Waals surface area contributed by atoms with Crippen molar-refractivity contribution in [1.29, 1.82) is 0 Å². The molecule has 0 saturated carbocycles. The van der Waals surface area contributed by atoms with Crippen LogP contribution in [-0.2, 0) is 6.54 Å². The first-order valence-corrected chi connectivity index (χ1v) is 6.10. The molecule has 1 unspecified atom stereocenters. The number of rotatable bonds is 6. The average molecular weight is 296 g/mol. The van der Waals surface area contributed by atoms with Crippen LogP contribution in [-0.4, -0.2) is 36.6 Å². The SMILES string of the molecule is COc1sc(CNCC(O)CO)cc1Br. The number of ether oxygens (including phenoxy) is 1. The third kappa shape index (κ3) is 4.08. The second kappa shape index (κ2) is 6.44. The largest absolute Gasteiger partial charge is 0.486 e. The van der Waals surface area contributed by atoms with E-state index >= 15 is 0 Å². The van der Waals surface area contributed by atoms with E-state index in [0.29, 0.717) is 13.1 Å². The number of halogens is 1. The Morgan fingerprint density at radius 2 is 2.40 bits per heavy atom. The summed E-state index contributed by atoms with van der Waals surface area (Å²) in [6, 6.07) is 1.97. The van der Waals surface area contributed by atoms with Crippen LogP contribution in [0.2, 0.25) is 0 Å². The summed E-state index contributed by atoms with van der Waals surface area (Å²) in [6.45, 7) is 0.822. The lowest BCUT2D eigenvalue weighted by molar-refractivity contribution is 0.0943. The van der Waals surface area contributed by atoms with E-state index in [1.165, 1.54) is 0 Å². The van der Waals surface area contributed by atoms with Gasteiger partial charge in [0.15, 0.2) is 5.06 Å². The highest BCUT2D eigenvalue weighted by atomic mass is 79.9. The molecule has 3 N–H and O–H groups in total. The third-order valence-corrected chi connectivity index (χ3v) is 3.73. The third-order valence-electron chi connectivity index (χ3n) is 1.78. The van der Waals surface area contributed by atoms with E-state index in [4.69, 9.17) is 14.9 Å². The normalized spacial score (nSPS) is 12.8. The molecule has 1 atom stereocenters. The molecule has 0 aliphatic rings. The van der Waals surface area contributed by atoms with Gasteiger partial charge in [-0.1, -0.05) is 0 Å². The lowest BCUT2D eigenvalue weighted by Crippen LogP contribution is -2.28. The second-order valence-electron chi connectivity index (χ2n) is 3.02. The number of methoxy groups -OCH3 is 1. The molecule has 1 heterocycles. The van der Waals surface area contributed by atoms with E-state index in [1.807, 2.05) is 6.07 Å². The van der Waals surface area contributed by atoms with Gasteiger partial charge >= 0.3 is 0 Å². The van der Waals surface area contributed by atoms with Crippen LogP contribution in [0.4, 0.5) is 0 Å². The maximum Gasteiger partial charge on any atom is 0.188 e. The Morgan fingerprint density at radius 3 is 2.93 bits per heavy atom. The van der Waals surface area contributed by atoms with E-state index < -0.39 is 6.10 Å². The minimum Gasteiger partial charge on any atom is -0.486 e. The fraction of sp³-hybridized carbons (Fsp3) is 0.556. The smallest absolute Gasteiger partial charge is 0.188 e. The number of hydrogen-bond donors (Lipinski definition) is 3. The second-order valence-corrected chi connectivity index (χ2v) is 4.97. The van der Waals surface area contributed by atoms with E-state index in [-0.39, 0.29) is 6.61 Å². The molecule has 0 amide bonds. The van der Waals surface area contributed by atoms with Crippen LogP contribution in [0.1, 0.15) is 4.88 Å². The minimum atomic E-state index is -0.699. The first-order chi connectivity index (χ1) is 7.17. The molecule has 1 rings (SSSR count). The summed E-state index contributed by atoms with van der Waals surface area (Å²) in [5.74, 6) is 0. The van der Waals surface area contributed by atoms with Crippen LogP contribution < -0.4 is 10.1 Å². The highest BCUT2D eigenvalue weighted by molar-refractivity contribution is 9.10. The molecule has 6 heteroatoms. The number of aliphatic hydroxyl groups is 2. The van der Waals surface area contributed by atoms with E-state index in [1.54, 1.807) is 18.4 Å². The Hall–Kier alpha value is -0.140. The molecule has 15 heavy (non-hydrogen) atoms. The van der Waals surface area contributed by atoms with Gasteiger partial charge < -0.3 is 20.3 Å². The van der Waals surface area contributed by atoms with Gasteiger partial charge in [-0.05, 0) is 22.0 Å². The summed E-state index contributed by atoms with van der Waals surface area (Å²) in [7, 11) is 1.63. The Bertz CT molecular complexity index is 306. The molecule has 0 fully saturated rings. The van der Waals surface area contributed by atoms with E-state index in [9.17, 15) is 0 Å². The highest BCUT2D eigenvalue weighted by Gasteiger charge is 2.07. The van der Waals surface area contributed by atoms with Crippen molar-refractivity contribution >= 4 is 27.3 Å². The van der Waals surface area contributed by atoms with Crippen LogP contribution in [0.3, 0.4) is 0 Å². The Morgan fingerprint density at radius 1 is 1.67 bits per heavy atom. The van der Waals surface area contributed by atoms with Crippen LogP contribution in [0.5, 0.6) is 5.06 Å². The predicted molar refractivity (Wildman–Crippen MR) is 63.4 cm³/mol. The quantitative estimate of drug-likeness (QED) is 0.732. The van der Waals surface area contributed by atoms with Crippen molar-refractivity contribution < 1.29 is 14.9 Å². The van der Waals surface area contributed by atoms with Crippen molar-refractivity contribution in [2.75, 3.05) is 20.3 Å². The van der Waals surface area contributed by atoms with Gasteiger partial charge in [-0.2, -0.15) is 0 Å². The van der Waals surface area contributed by atoms with Gasteiger partial charge in [0.25, 0.3) is 0 Å². The van der Waals surface area contributed by atoms with Crippen LogP contribution in [0, 0.1) is 0 Å². The van der Waals surface area contributed by atoms with Gasteiger partial charge in [0.2, 0.25) is 0 Å².